The van der Waals surface area contributed by atoms with Crippen molar-refractivity contribution < 1.29 is 14.4 Å². The van der Waals surface area contributed by atoms with Crippen LogP contribution in [0.25, 0.3) is 0 Å². The molecule has 2 aliphatic rings. The SMILES string of the molecule is CCOC(=O)C1CCCN(CCON=CC2c3ccccc3CCc3ccccc32)C1. The van der Waals surface area contributed by atoms with Gasteiger partial charge in [-0.1, -0.05) is 53.7 Å². The number of esters is 1. The van der Waals surface area contributed by atoms with Gasteiger partial charge in [-0.15, -0.1) is 0 Å². The third kappa shape index (κ3) is 5.34. The fraction of sp³-hybridized carbons (Fsp3) is 0.462. The van der Waals surface area contributed by atoms with Crippen LogP contribution in [-0.4, -0.2) is 49.9 Å². The molecule has 4 rings (SSSR count). The maximum Gasteiger partial charge on any atom is 0.310 e. The Hall–Kier alpha value is -2.66. The van der Waals surface area contributed by atoms with Crippen molar-refractivity contribution in [3.05, 3.63) is 70.8 Å². The Balaban J connectivity index is 1.36. The smallest absolute Gasteiger partial charge is 0.310 e. The van der Waals surface area contributed by atoms with Crippen LogP contribution in [0.1, 0.15) is 47.9 Å². The first kappa shape index (κ1) is 21.6. The molecule has 2 aromatic rings. The summed E-state index contributed by atoms with van der Waals surface area (Å²) in [6, 6.07) is 17.3. The number of carbonyl (C=O) groups excluding carboxylic acids is 1. The highest BCUT2D eigenvalue weighted by Gasteiger charge is 2.26. The number of oxime groups is 1. The fourth-order valence-electron chi connectivity index (χ4n) is 4.77. The van der Waals surface area contributed by atoms with Gasteiger partial charge in [-0.3, -0.25) is 9.69 Å². The van der Waals surface area contributed by atoms with Gasteiger partial charge in [0.15, 0.2) is 0 Å². The summed E-state index contributed by atoms with van der Waals surface area (Å²) in [4.78, 5) is 20.0. The molecular weight excluding hydrogens is 388 g/mol. The van der Waals surface area contributed by atoms with E-state index >= 15 is 0 Å². The summed E-state index contributed by atoms with van der Waals surface area (Å²) in [5.74, 6) is 0.0195. The first-order valence-electron chi connectivity index (χ1n) is 11.5. The van der Waals surface area contributed by atoms with Gasteiger partial charge in [-0.25, -0.2) is 0 Å². The molecule has 5 heteroatoms. The van der Waals surface area contributed by atoms with Crippen molar-refractivity contribution >= 4 is 12.2 Å². The summed E-state index contributed by atoms with van der Waals surface area (Å²) >= 11 is 0. The van der Waals surface area contributed by atoms with E-state index in [2.05, 4.69) is 58.6 Å². The predicted octanol–water partition coefficient (Wildman–Crippen LogP) is 4.19. The number of aryl methyl sites for hydroxylation is 2. The van der Waals surface area contributed by atoms with Crippen molar-refractivity contribution in [1.29, 1.82) is 0 Å². The minimum atomic E-state index is -0.0724. The summed E-state index contributed by atoms with van der Waals surface area (Å²) in [7, 11) is 0. The Morgan fingerprint density at radius 2 is 1.77 bits per heavy atom. The van der Waals surface area contributed by atoms with E-state index in [1.807, 2.05) is 13.1 Å². The molecule has 2 aromatic carbocycles. The molecule has 1 aliphatic carbocycles. The van der Waals surface area contributed by atoms with Gasteiger partial charge in [0.1, 0.15) is 6.61 Å². The van der Waals surface area contributed by atoms with Crippen LogP contribution in [0.15, 0.2) is 53.7 Å². The number of hydrogen-bond donors (Lipinski definition) is 0. The summed E-state index contributed by atoms with van der Waals surface area (Å²) in [6.45, 7) is 5.32. The van der Waals surface area contributed by atoms with Crippen LogP contribution in [0.2, 0.25) is 0 Å². The molecule has 0 N–H and O–H groups in total. The average molecular weight is 421 g/mol. The molecule has 0 radical (unpaired) electrons. The molecule has 1 saturated heterocycles. The van der Waals surface area contributed by atoms with Gasteiger partial charge in [0.05, 0.1) is 18.7 Å². The maximum atomic E-state index is 12.0. The number of benzene rings is 2. The quantitative estimate of drug-likeness (QED) is 0.292. The first-order valence-corrected chi connectivity index (χ1v) is 11.5. The van der Waals surface area contributed by atoms with Gasteiger partial charge in [0.2, 0.25) is 0 Å². The molecule has 1 fully saturated rings. The zero-order chi connectivity index (χ0) is 21.5. The normalized spacial score (nSPS) is 19.5. The highest BCUT2D eigenvalue weighted by molar-refractivity contribution is 5.75. The lowest BCUT2D eigenvalue weighted by Crippen LogP contribution is -2.40. The highest BCUT2D eigenvalue weighted by atomic mass is 16.6. The fourth-order valence-corrected chi connectivity index (χ4v) is 4.77. The van der Waals surface area contributed by atoms with Crippen LogP contribution < -0.4 is 0 Å². The lowest BCUT2D eigenvalue weighted by atomic mass is 9.89. The van der Waals surface area contributed by atoms with Crippen LogP contribution in [0, 0.1) is 5.92 Å². The Morgan fingerprint density at radius 3 is 2.45 bits per heavy atom. The van der Waals surface area contributed by atoms with Crippen molar-refractivity contribution in [2.75, 3.05) is 32.8 Å². The van der Waals surface area contributed by atoms with Gasteiger partial charge in [-0.2, -0.15) is 0 Å². The summed E-state index contributed by atoms with van der Waals surface area (Å²) in [5, 5.41) is 4.36. The number of piperidine rings is 1. The average Bonchev–Trinajstić information content (AvgIpc) is 2.96. The number of carbonyl (C=O) groups is 1. The molecule has 5 nitrogen and oxygen atoms in total. The van der Waals surface area contributed by atoms with Crippen molar-refractivity contribution in [3.63, 3.8) is 0 Å². The molecule has 31 heavy (non-hydrogen) atoms. The molecule has 1 atom stereocenters. The molecule has 1 unspecified atom stereocenters. The van der Waals surface area contributed by atoms with Gasteiger partial charge in [0.25, 0.3) is 0 Å². The van der Waals surface area contributed by atoms with E-state index in [0.717, 1.165) is 45.3 Å². The lowest BCUT2D eigenvalue weighted by molar-refractivity contribution is -0.150. The van der Waals surface area contributed by atoms with Gasteiger partial charge >= 0.3 is 5.97 Å². The predicted molar refractivity (Wildman–Crippen MR) is 122 cm³/mol. The molecule has 0 aromatic heterocycles. The van der Waals surface area contributed by atoms with Crippen molar-refractivity contribution in [1.82, 2.24) is 4.90 Å². The van der Waals surface area contributed by atoms with E-state index in [4.69, 9.17) is 9.57 Å². The molecule has 0 spiro atoms. The topological polar surface area (TPSA) is 51.1 Å². The molecule has 0 amide bonds. The zero-order valence-electron chi connectivity index (χ0n) is 18.3. The van der Waals surface area contributed by atoms with Crippen LogP contribution in [0.3, 0.4) is 0 Å². The highest BCUT2D eigenvalue weighted by Crippen LogP contribution is 2.33. The molecule has 1 heterocycles. The van der Waals surface area contributed by atoms with Gasteiger partial charge in [0, 0.05) is 19.0 Å². The standard InChI is InChI=1S/C26H32N2O3/c1-2-30-26(29)22-10-7-15-28(19-22)16-17-31-27-18-25-23-11-5-3-8-20(23)13-14-21-9-4-6-12-24(21)25/h3-6,8-9,11-12,18,22,25H,2,7,10,13-17,19H2,1H3. The second-order valence-electron chi connectivity index (χ2n) is 8.35. The number of nitrogens with zero attached hydrogens (tertiary/aromatic N) is 2. The molecule has 164 valence electrons. The van der Waals surface area contributed by atoms with Gasteiger partial charge in [-0.05, 0) is 61.4 Å². The number of hydrogen-bond acceptors (Lipinski definition) is 5. The number of likely N-dealkylation sites (tertiary alicyclic amines) is 1. The van der Waals surface area contributed by atoms with Crippen molar-refractivity contribution in [2.24, 2.45) is 11.1 Å². The first-order chi connectivity index (χ1) is 15.3. The van der Waals surface area contributed by atoms with E-state index < -0.39 is 0 Å². The molecular formula is C26H32N2O3. The number of rotatable bonds is 7. The van der Waals surface area contributed by atoms with Gasteiger partial charge < -0.3 is 9.57 Å². The minimum Gasteiger partial charge on any atom is -0.466 e. The summed E-state index contributed by atoms with van der Waals surface area (Å²) in [5.41, 5.74) is 5.39. The van der Waals surface area contributed by atoms with Crippen LogP contribution in [0.5, 0.6) is 0 Å². The van der Waals surface area contributed by atoms with Crippen LogP contribution in [0.4, 0.5) is 0 Å². The summed E-state index contributed by atoms with van der Waals surface area (Å²) in [6.07, 6.45) is 5.97. The Kier molecular flexibility index (Phi) is 7.36. The maximum absolute atomic E-state index is 12.0. The minimum absolute atomic E-state index is 0.0174. The third-order valence-corrected chi connectivity index (χ3v) is 6.35. The van der Waals surface area contributed by atoms with E-state index in [1.165, 1.54) is 22.3 Å². The van der Waals surface area contributed by atoms with Crippen molar-refractivity contribution in [3.8, 4) is 0 Å². The number of fused-ring (bicyclic) bond motifs is 2. The Bertz CT molecular complexity index is 864. The lowest BCUT2D eigenvalue weighted by Gasteiger charge is -2.30. The summed E-state index contributed by atoms with van der Waals surface area (Å²) < 4.78 is 5.19. The Labute approximate surface area is 185 Å². The second kappa shape index (κ2) is 10.6. The van der Waals surface area contributed by atoms with E-state index in [9.17, 15) is 4.79 Å². The molecule has 0 saturated carbocycles. The Morgan fingerprint density at radius 1 is 1.10 bits per heavy atom. The molecule has 1 aliphatic heterocycles. The monoisotopic (exact) mass is 420 g/mol. The molecule has 0 bridgehead atoms. The van der Waals surface area contributed by atoms with Crippen LogP contribution in [-0.2, 0) is 27.2 Å². The van der Waals surface area contributed by atoms with Crippen LogP contribution >= 0.6 is 0 Å². The largest absolute Gasteiger partial charge is 0.466 e. The van der Waals surface area contributed by atoms with E-state index in [1.54, 1.807) is 0 Å². The number of ether oxygens (including phenoxy) is 1. The zero-order valence-corrected chi connectivity index (χ0v) is 18.3. The second-order valence-corrected chi connectivity index (χ2v) is 8.35. The van der Waals surface area contributed by atoms with E-state index in [0.29, 0.717) is 13.2 Å². The third-order valence-electron chi connectivity index (χ3n) is 6.35. The van der Waals surface area contributed by atoms with E-state index in [-0.39, 0.29) is 17.8 Å². The van der Waals surface area contributed by atoms with Crippen molar-refractivity contribution in [2.45, 2.75) is 38.5 Å².